The summed E-state index contributed by atoms with van der Waals surface area (Å²) in [5.74, 6) is 0.185. The van der Waals surface area contributed by atoms with Crippen LogP contribution in [-0.4, -0.2) is 39.0 Å². The molecule has 0 radical (unpaired) electrons. The molecular weight excluding hydrogens is 330 g/mol. The Labute approximate surface area is 149 Å². The molecule has 130 valence electrons. The molecule has 0 spiro atoms. The molecular formula is C19H17N5O2. The van der Waals surface area contributed by atoms with Crippen molar-refractivity contribution in [3.63, 3.8) is 0 Å². The van der Waals surface area contributed by atoms with E-state index in [9.17, 15) is 9.59 Å². The summed E-state index contributed by atoms with van der Waals surface area (Å²) in [4.78, 5) is 27.8. The third-order valence-corrected chi connectivity index (χ3v) is 4.96. The SMILES string of the molecule is N#Cc1ccc(-c2cnn3c(C4CCN(C=O)CC4)cc(=O)[nH]c23)cc1. The van der Waals surface area contributed by atoms with E-state index in [1.54, 1.807) is 33.8 Å². The van der Waals surface area contributed by atoms with Crippen molar-refractivity contribution >= 4 is 12.1 Å². The predicted octanol–water partition coefficient (Wildman–Crippen LogP) is 1.90. The van der Waals surface area contributed by atoms with E-state index >= 15 is 0 Å². The Balaban J connectivity index is 1.77. The number of rotatable bonds is 3. The summed E-state index contributed by atoms with van der Waals surface area (Å²) in [6.45, 7) is 1.37. The van der Waals surface area contributed by atoms with Gasteiger partial charge in [-0.2, -0.15) is 10.4 Å². The van der Waals surface area contributed by atoms with Crippen LogP contribution in [0.15, 0.2) is 41.3 Å². The van der Waals surface area contributed by atoms with Gasteiger partial charge in [-0.3, -0.25) is 9.59 Å². The lowest BCUT2D eigenvalue weighted by Crippen LogP contribution is -2.32. The van der Waals surface area contributed by atoms with Crippen molar-refractivity contribution in [3.05, 3.63) is 58.1 Å². The topological polar surface area (TPSA) is 94.3 Å². The number of nitrogens with zero attached hydrogens (tertiary/aromatic N) is 4. The van der Waals surface area contributed by atoms with E-state index in [1.807, 2.05) is 12.1 Å². The average molecular weight is 347 g/mol. The molecule has 0 atom stereocenters. The van der Waals surface area contributed by atoms with Crippen LogP contribution >= 0.6 is 0 Å². The Morgan fingerprint density at radius 2 is 1.96 bits per heavy atom. The summed E-state index contributed by atoms with van der Waals surface area (Å²) in [5, 5.41) is 13.4. The highest BCUT2D eigenvalue weighted by Gasteiger charge is 2.23. The van der Waals surface area contributed by atoms with E-state index in [4.69, 9.17) is 5.26 Å². The van der Waals surface area contributed by atoms with E-state index in [0.717, 1.165) is 36.1 Å². The molecule has 1 fully saturated rings. The van der Waals surface area contributed by atoms with Crippen molar-refractivity contribution in [1.29, 1.82) is 5.26 Å². The van der Waals surface area contributed by atoms with Crippen molar-refractivity contribution in [1.82, 2.24) is 19.5 Å². The van der Waals surface area contributed by atoms with Gasteiger partial charge >= 0.3 is 0 Å². The quantitative estimate of drug-likeness (QED) is 0.732. The van der Waals surface area contributed by atoms with Gasteiger partial charge in [-0.1, -0.05) is 12.1 Å². The molecule has 3 heterocycles. The molecule has 2 aromatic heterocycles. The normalized spacial score (nSPS) is 15.1. The average Bonchev–Trinajstić information content (AvgIpc) is 3.11. The lowest BCUT2D eigenvalue weighted by Gasteiger charge is -2.29. The van der Waals surface area contributed by atoms with Crippen LogP contribution < -0.4 is 5.56 Å². The number of carbonyl (C=O) groups excluding carboxylic acids is 1. The van der Waals surface area contributed by atoms with Crippen LogP contribution in [0.5, 0.6) is 0 Å². The smallest absolute Gasteiger partial charge is 0.251 e. The Bertz CT molecular complexity index is 1050. The number of amides is 1. The molecule has 1 aliphatic heterocycles. The lowest BCUT2D eigenvalue weighted by molar-refractivity contribution is -0.119. The second-order valence-corrected chi connectivity index (χ2v) is 6.48. The minimum absolute atomic E-state index is 0.166. The molecule has 1 aromatic carbocycles. The van der Waals surface area contributed by atoms with Crippen LogP contribution in [0.3, 0.4) is 0 Å². The first-order chi connectivity index (χ1) is 12.7. The van der Waals surface area contributed by atoms with E-state index in [-0.39, 0.29) is 11.5 Å². The number of benzene rings is 1. The van der Waals surface area contributed by atoms with E-state index in [2.05, 4.69) is 16.2 Å². The minimum atomic E-state index is -0.166. The number of nitriles is 1. The first kappa shape index (κ1) is 16.1. The lowest BCUT2D eigenvalue weighted by atomic mass is 9.93. The Morgan fingerprint density at radius 1 is 1.23 bits per heavy atom. The second-order valence-electron chi connectivity index (χ2n) is 6.48. The van der Waals surface area contributed by atoms with Crippen LogP contribution in [0.2, 0.25) is 0 Å². The summed E-state index contributed by atoms with van der Waals surface area (Å²) in [5.41, 5.74) is 3.65. The fourth-order valence-corrected chi connectivity index (χ4v) is 3.54. The first-order valence-electron chi connectivity index (χ1n) is 8.50. The summed E-state index contributed by atoms with van der Waals surface area (Å²) in [6.07, 6.45) is 4.23. The molecule has 0 aliphatic carbocycles. The largest absolute Gasteiger partial charge is 0.345 e. The Morgan fingerprint density at radius 3 is 2.62 bits per heavy atom. The molecule has 0 bridgehead atoms. The maximum Gasteiger partial charge on any atom is 0.251 e. The second kappa shape index (κ2) is 6.48. The monoisotopic (exact) mass is 347 g/mol. The maximum atomic E-state index is 12.2. The van der Waals surface area contributed by atoms with Crippen molar-refractivity contribution < 1.29 is 4.79 Å². The molecule has 1 N–H and O–H groups in total. The van der Waals surface area contributed by atoms with Gasteiger partial charge in [0.05, 0.1) is 23.5 Å². The van der Waals surface area contributed by atoms with Crippen molar-refractivity contribution in [2.75, 3.05) is 13.1 Å². The number of fused-ring (bicyclic) bond motifs is 1. The third kappa shape index (κ3) is 2.75. The number of nitrogens with one attached hydrogen (secondary N) is 1. The highest BCUT2D eigenvalue weighted by molar-refractivity contribution is 5.77. The number of aromatic nitrogens is 3. The first-order valence-corrected chi connectivity index (χ1v) is 8.50. The van der Waals surface area contributed by atoms with Gasteiger partial charge in [0.15, 0.2) is 0 Å². The van der Waals surface area contributed by atoms with Crippen LogP contribution in [0.4, 0.5) is 0 Å². The number of H-pyrrole nitrogens is 1. The number of hydrogen-bond donors (Lipinski definition) is 1. The summed E-state index contributed by atoms with van der Waals surface area (Å²) < 4.78 is 1.79. The predicted molar refractivity (Wildman–Crippen MR) is 95.6 cm³/mol. The van der Waals surface area contributed by atoms with Crippen molar-refractivity contribution in [2.45, 2.75) is 18.8 Å². The highest BCUT2D eigenvalue weighted by Crippen LogP contribution is 2.29. The molecule has 1 amide bonds. The molecule has 26 heavy (non-hydrogen) atoms. The number of hydrogen-bond acceptors (Lipinski definition) is 4. The van der Waals surface area contributed by atoms with Gasteiger partial charge in [-0.25, -0.2) is 4.52 Å². The zero-order valence-corrected chi connectivity index (χ0v) is 14.1. The van der Waals surface area contributed by atoms with Crippen molar-refractivity contribution in [2.24, 2.45) is 0 Å². The van der Waals surface area contributed by atoms with Gasteiger partial charge in [-0.05, 0) is 30.5 Å². The summed E-state index contributed by atoms with van der Waals surface area (Å²) in [7, 11) is 0. The van der Waals surface area contributed by atoms with E-state index < -0.39 is 0 Å². The maximum absolute atomic E-state index is 12.2. The number of piperidine rings is 1. The minimum Gasteiger partial charge on any atom is -0.345 e. The fraction of sp³-hybridized carbons (Fsp3) is 0.263. The van der Waals surface area contributed by atoms with Crippen LogP contribution in [0.1, 0.15) is 30.0 Å². The zero-order valence-electron chi connectivity index (χ0n) is 14.1. The van der Waals surface area contributed by atoms with Gasteiger partial charge in [0, 0.05) is 30.6 Å². The molecule has 1 saturated heterocycles. The molecule has 7 nitrogen and oxygen atoms in total. The molecule has 7 heteroatoms. The van der Waals surface area contributed by atoms with Crippen LogP contribution in [-0.2, 0) is 4.79 Å². The molecule has 4 rings (SSSR count). The van der Waals surface area contributed by atoms with E-state index in [0.29, 0.717) is 24.3 Å². The highest BCUT2D eigenvalue weighted by atomic mass is 16.1. The van der Waals surface area contributed by atoms with Gasteiger partial charge in [0.25, 0.3) is 5.56 Å². The van der Waals surface area contributed by atoms with Crippen LogP contribution in [0, 0.1) is 11.3 Å². The number of aromatic amines is 1. The molecule has 1 aliphatic rings. The Kier molecular flexibility index (Phi) is 4.01. The third-order valence-electron chi connectivity index (χ3n) is 4.96. The molecule has 0 saturated carbocycles. The Hall–Kier alpha value is -3.40. The zero-order chi connectivity index (χ0) is 18.1. The number of carbonyl (C=O) groups is 1. The van der Waals surface area contributed by atoms with Gasteiger partial charge in [0.1, 0.15) is 5.65 Å². The summed E-state index contributed by atoms with van der Waals surface area (Å²) >= 11 is 0. The van der Waals surface area contributed by atoms with Gasteiger partial charge in [-0.15, -0.1) is 0 Å². The molecule has 0 unspecified atom stereocenters. The fourth-order valence-electron chi connectivity index (χ4n) is 3.54. The van der Waals surface area contributed by atoms with Gasteiger partial charge < -0.3 is 9.88 Å². The molecule has 3 aromatic rings. The standard InChI is InChI=1S/C19H17N5O2/c20-10-13-1-3-14(4-2-13)16-11-21-24-17(9-18(26)22-19(16)24)15-5-7-23(12-25)8-6-15/h1-4,9,11-12,15H,5-8H2,(H,22,26). The van der Waals surface area contributed by atoms with Crippen molar-refractivity contribution in [3.8, 4) is 17.2 Å². The van der Waals surface area contributed by atoms with Crippen LogP contribution in [0.25, 0.3) is 16.8 Å². The summed E-state index contributed by atoms with van der Waals surface area (Å²) in [6, 6.07) is 10.9. The van der Waals surface area contributed by atoms with E-state index in [1.165, 1.54) is 0 Å². The van der Waals surface area contributed by atoms with Gasteiger partial charge in [0.2, 0.25) is 6.41 Å². The number of likely N-dealkylation sites (tertiary alicyclic amines) is 1.